The number of carbonyl (C=O) groups excluding carboxylic acids is 1. The molecule has 0 aliphatic heterocycles. The van der Waals surface area contributed by atoms with Crippen molar-refractivity contribution in [3.63, 3.8) is 0 Å². The molecule has 7 heteroatoms. The van der Waals surface area contributed by atoms with Crippen molar-refractivity contribution in [1.29, 1.82) is 0 Å². The zero-order valence-corrected chi connectivity index (χ0v) is 15.6. The van der Waals surface area contributed by atoms with E-state index in [1.807, 2.05) is 55.5 Å². The average molecular weight is 366 g/mol. The SMILES string of the molecule is Cc1ccc(NC(=O)CSc2nnc(C)n3c2cc2occc23)cc1C. The second-order valence-electron chi connectivity index (χ2n) is 6.22. The number of nitrogens with zero attached hydrogens (tertiary/aromatic N) is 3. The van der Waals surface area contributed by atoms with Crippen LogP contribution in [0.3, 0.4) is 0 Å². The number of aryl methyl sites for hydroxylation is 3. The van der Waals surface area contributed by atoms with Gasteiger partial charge in [-0.25, -0.2) is 0 Å². The van der Waals surface area contributed by atoms with Crippen LogP contribution in [0.2, 0.25) is 0 Å². The average Bonchev–Trinajstić information content (AvgIpc) is 3.19. The maximum atomic E-state index is 12.3. The highest BCUT2D eigenvalue weighted by Gasteiger charge is 2.15. The molecule has 1 N–H and O–H groups in total. The smallest absolute Gasteiger partial charge is 0.234 e. The summed E-state index contributed by atoms with van der Waals surface area (Å²) in [5.74, 6) is 0.960. The molecule has 3 heterocycles. The molecule has 1 amide bonds. The van der Waals surface area contributed by atoms with E-state index in [1.54, 1.807) is 6.26 Å². The first-order valence-electron chi connectivity index (χ1n) is 8.25. The Hall–Kier alpha value is -2.80. The molecule has 4 rings (SSSR count). The Morgan fingerprint density at radius 3 is 2.77 bits per heavy atom. The van der Waals surface area contributed by atoms with E-state index in [0.717, 1.165) is 33.7 Å². The first-order valence-corrected chi connectivity index (χ1v) is 9.23. The van der Waals surface area contributed by atoms with E-state index in [0.29, 0.717) is 5.03 Å². The number of carbonyl (C=O) groups is 1. The van der Waals surface area contributed by atoms with Crippen molar-refractivity contribution in [2.24, 2.45) is 0 Å². The van der Waals surface area contributed by atoms with E-state index in [9.17, 15) is 4.79 Å². The molecule has 1 aromatic carbocycles. The predicted molar refractivity (Wildman–Crippen MR) is 103 cm³/mol. The molecule has 0 atom stereocenters. The third kappa shape index (κ3) is 2.94. The fraction of sp³-hybridized carbons (Fsp3) is 0.211. The first-order chi connectivity index (χ1) is 12.5. The van der Waals surface area contributed by atoms with Crippen molar-refractivity contribution >= 4 is 40.0 Å². The van der Waals surface area contributed by atoms with E-state index < -0.39 is 0 Å². The number of aromatic nitrogens is 3. The third-order valence-corrected chi connectivity index (χ3v) is 5.35. The summed E-state index contributed by atoms with van der Waals surface area (Å²) in [5, 5.41) is 12.1. The Morgan fingerprint density at radius 1 is 1.12 bits per heavy atom. The highest BCUT2D eigenvalue weighted by atomic mass is 32.2. The number of fused-ring (bicyclic) bond motifs is 3. The lowest BCUT2D eigenvalue weighted by atomic mass is 10.1. The minimum atomic E-state index is -0.0750. The number of rotatable bonds is 4. The number of amides is 1. The van der Waals surface area contributed by atoms with Crippen LogP contribution in [-0.4, -0.2) is 26.3 Å². The summed E-state index contributed by atoms with van der Waals surface area (Å²) in [6.07, 6.45) is 1.65. The van der Waals surface area contributed by atoms with Crippen LogP contribution in [0.5, 0.6) is 0 Å². The van der Waals surface area contributed by atoms with Gasteiger partial charge in [0.15, 0.2) is 5.58 Å². The van der Waals surface area contributed by atoms with E-state index in [2.05, 4.69) is 15.5 Å². The Labute approximate surface area is 154 Å². The molecule has 0 saturated carbocycles. The molecule has 0 saturated heterocycles. The maximum absolute atomic E-state index is 12.3. The zero-order chi connectivity index (χ0) is 18.3. The monoisotopic (exact) mass is 366 g/mol. The van der Waals surface area contributed by atoms with Crippen molar-refractivity contribution in [2.75, 3.05) is 11.1 Å². The van der Waals surface area contributed by atoms with Crippen LogP contribution in [0.15, 0.2) is 46.0 Å². The maximum Gasteiger partial charge on any atom is 0.234 e. The summed E-state index contributed by atoms with van der Waals surface area (Å²) in [5.41, 5.74) is 5.79. The Balaban J connectivity index is 1.53. The van der Waals surface area contributed by atoms with Crippen LogP contribution in [-0.2, 0) is 4.79 Å². The highest BCUT2D eigenvalue weighted by Crippen LogP contribution is 2.28. The van der Waals surface area contributed by atoms with Crippen molar-refractivity contribution < 1.29 is 9.21 Å². The van der Waals surface area contributed by atoms with Crippen molar-refractivity contribution in [3.05, 3.63) is 53.5 Å². The molecule has 0 unspecified atom stereocenters. The van der Waals surface area contributed by atoms with E-state index in [-0.39, 0.29) is 11.7 Å². The van der Waals surface area contributed by atoms with Crippen LogP contribution in [0.4, 0.5) is 5.69 Å². The van der Waals surface area contributed by atoms with Gasteiger partial charge in [0, 0.05) is 17.8 Å². The lowest BCUT2D eigenvalue weighted by molar-refractivity contribution is -0.113. The zero-order valence-electron chi connectivity index (χ0n) is 14.7. The molecule has 6 nitrogen and oxygen atoms in total. The molecule has 0 radical (unpaired) electrons. The van der Waals surface area contributed by atoms with Crippen LogP contribution in [0, 0.1) is 20.8 Å². The molecule has 0 fully saturated rings. The van der Waals surface area contributed by atoms with Crippen molar-refractivity contribution in [1.82, 2.24) is 14.6 Å². The number of anilines is 1. The lowest BCUT2D eigenvalue weighted by Crippen LogP contribution is -2.14. The lowest BCUT2D eigenvalue weighted by Gasteiger charge is -2.08. The molecule has 3 aromatic heterocycles. The van der Waals surface area contributed by atoms with Gasteiger partial charge in [-0.3, -0.25) is 9.20 Å². The largest absolute Gasteiger partial charge is 0.463 e. The summed E-state index contributed by atoms with van der Waals surface area (Å²) >= 11 is 1.36. The normalized spacial score (nSPS) is 11.3. The van der Waals surface area contributed by atoms with Gasteiger partial charge < -0.3 is 9.73 Å². The Bertz CT molecular complexity index is 1130. The highest BCUT2D eigenvalue weighted by molar-refractivity contribution is 8.00. The van der Waals surface area contributed by atoms with E-state index in [4.69, 9.17) is 4.42 Å². The molecule has 0 bridgehead atoms. The number of nitrogens with one attached hydrogen (secondary N) is 1. The summed E-state index contributed by atoms with van der Waals surface area (Å²) in [7, 11) is 0. The van der Waals surface area contributed by atoms with Crippen LogP contribution in [0.25, 0.3) is 16.6 Å². The van der Waals surface area contributed by atoms with Gasteiger partial charge in [-0.15, -0.1) is 10.2 Å². The topological polar surface area (TPSA) is 72.4 Å². The number of thioether (sulfide) groups is 1. The van der Waals surface area contributed by atoms with Gasteiger partial charge in [0.05, 0.1) is 23.0 Å². The van der Waals surface area contributed by atoms with E-state index in [1.165, 1.54) is 17.3 Å². The Kier molecular flexibility index (Phi) is 4.16. The Morgan fingerprint density at radius 2 is 1.96 bits per heavy atom. The molecule has 0 aliphatic rings. The number of benzene rings is 1. The minimum absolute atomic E-state index is 0.0750. The first kappa shape index (κ1) is 16.7. The van der Waals surface area contributed by atoms with Crippen molar-refractivity contribution in [2.45, 2.75) is 25.8 Å². The van der Waals surface area contributed by atoms with Gasteiger partial charge in [0.25, 0.3) is 0 Å². The quantitative estimate of drug-likeness (QED) is 0.550. The molecule has 132 valence electrons. The summed E-state index contributed by atoms with van der Waals surface area (Å²) in [6, 6.07) is 9.72. The number of hydrogen-bond donors (Lipinski definition) is 1. The van der Waals surface area contributed by atoms with Gasteiger partial charge in [-0.1, -0.05) is 17.8 Å². The van der Waals surface area contributed by atoms with Gasteiger partial charge >= 0.3 is 0 Å². The fourth-order valence-electron chi connectivity index (χ4n) is 2.90. The van der Waals surface area contributed by atoms with Crippen LogP contribution in [0.1, 0.15) is 17.0 Å². The molecule has 0 aliphatic carbocycles. The van der Waals surface area contributed by atoms with Crippen LogP contribution >= 0.6 is 11.8 Å². The third-order valence-electron chi connectivity index (χ3n) is 4.38. The second-order valence-corrected chi connectivity index (χ2v) is 7.19. The second kappa shape index (κ2) is 6.49. The van der Waals surface area contributed by atoms with Crippen LogP contribution < -0.4 is 5.32 Å². The number of furan rings is 1. The molecular formula is C19H18N4O2S. The fourth-order valence-corrected chi connectivity index (χ4v) is 3.63. The van der Waals surface area contributed by atoms with Crippen molar-refractivity contribution in [3.8, 4) is 0 Å². The van der Waals surface area contributed by atoms with E-state index >= 15 is 0 Å². The molecular weight excluding hydrogens is 348 g/mol. The standard InChI is InChI=1S/C19H18N4O2S/c1-11-4-5-14(8-12(11)2)20-18(24)10-26-19-16-9-17-15(6-7-25-17)23(16)13(3)21-22-19/h4-9H,10H2,1-3H3,(H,20,24). The van der Waals surface area contributed by atoms with Gasteiger partial charge in [0.1, 0.15) is 10.9 Å². The summed E-state index contributed by atoms with van der Waals surface area (Å²) in [6.45, 7) is 5.97. The van der Waals surface area contributed by atoms with Gasteiger partial charge in [0.2, 0.25) is 5.91 Å². The van der Waals surface area contributed by atoms with Gasteiger partial charge in [-0.2, -0.15) is 0 Å². The number of hydrogen-bond acceptors (Lipinski definition) is 5. The summed E-state index contributed by atoms with van der Waals surface area (Å²) < 4.78 is 7.47. The molecule has 4 aromatic rings. The molecule has 26 heavy (non-hydrogen) atoms. The summed E-state index contributed by atoms with van der Waals surface area (Å²) in [4.78, 5) is 12.3. The van der Waals surface area contributed by atoms with Gasteiger partial charge in [-0.05, 0) is 44.0 Å². The minimum Gasteiger partial charge on any atom is -0.463 e. The predicted octanol–water partition coefficient (Wildman–Crippen LogP) is 4.13. The molecule has 0 spiro atoms.